The van der Waals surface area contributed by atoms with Gasteiger partial charge in [0.25, 0.3) is 0 Å². The molecule has 0 aliphatic carbocycles. The number of rotatable bonds is 1. The summed E-state index contributed by atoms with van der Waals surface area (Å²) >= 11 is 0. The molecule has 0 fully saturated rings. The number of H-pyrrole nitrogens is 1. The van der Waals surface area contributed by atoms with Gasteiger partial charge < -0.3 is 9.88 Å². The van der Waals surface area contributed by atoms with E-state index in [0.29, 0.717) is 0 Å². The van der Waals surface area contributed by atoms with Crippen LogP contribution >= 0.6 is 0 Å². The SMILES string of the molecule is CC(=O)N(C)C.CCc1ncc(C)[nH]1. The van der Waals surface area contributed by atoms with Crippen molar-refractivity contribution in [1.29, 1.82) is 0 Å². The van der Waals surface area contributed by atoms with Crippen LogP contribution in [0, 0.1) is 6.92 Å². The number of imidazole rings is 1. The largest absolute Gasteiger partial charge is 0.349 e. The van der Waals surface area contributed by atoms with Crippen molar-refractivity contribution in [3.63, 3.8) is 0 Å². The van der Waals surface area contributed by atoms with Crippen molar-refractivity contribution in [2.24, 2.45) is 0 Å². The fourth-order valence-electron chi connectivity index (χ4n) is 0.647. The van der Waals surface area contributed by atoms with Gasteiger partial charge in [-0.15, -0.1) is 0 Å². The molecule has 0 radical (unpaired) electrons. The summed E-state index contributed by atoms with van der Waals surface area (Å²) in [6.07, 6.45) is 2.84. The molecular weight excluding hydrogens is 178 g/mol. The minimum atomic E-state index is 0.0926. The highest BCUT2D eigenvalue weighted by Crippen LogP contribution is 1.93. The molecule has 0 saturated heterocycles. The van der Waals surface area contributed by atoms with Crippen molar-refractivity contribution in [1.82, 2.24) is 14.9 Å². The first-order valence-electron chi connectivity index (χ1n) is 4.65. The van der Waals surface area contributed by atoms with Crippen molar-refractivity contribution in [3.05, 3.63) is 17.7 Å². The molecule has 0 bridgehead atoms. The molecule has 4 heteroatoms. The monoisotopic (exact) mass is 197 g/mol. The van der Waals surface area contributed by atoms with Crippen LogP contribution in [0.2, 0.25) is 0 Å². The average Bonchev–Trinajstić information content (AvgIpc) is 2.52. The zero-order valence-electron chi connectivity index (χ0n) is 9.59. The van der Waals surface area contributed by atoms with Gasteiger partial charge in [-0.25, -0.2) is 4.98 Å². The van der Waals surface area contributed by atoms with Crippen molar-refractivity contribution < 1.29 is 4.79 Å². The summed E-state index contributed by atoms with van der Waals surface area (Å²) < 4.78 is 0. The Morgan fingerprint density at radius 2 is 2.07 bits per heavy atom. The summed E-state index contributed by atoms with van der Waals surface area (Å²) in [7, 11) is 3.45. The van der Waals surface area contributed by atoms with E-state index >= 15 is 0 Å². The number of aromatic amines is 1. The summed E-state index contributed by atoms with van der Waals surface area (Å²) in [5.74, 6) is 1.16. The number of nitrogens with one attached hydrogen (secondary N) is 1. The van der Waals surface area contributed by atoms with E-state index in [1.54, 1.807) is 14.1 Å². The van der Waals surface area contributed by atoms with Crippen LogP contribution in [0.5, 0.6) is 0 Å². The first-order chi connectivity index (χ1) is 6.47. The zero-order chi connectivity index (χ0) is 11.1. The van der Waals surface area contributed by atoms with Crippen molar-refractivity contribution in [3.8, 4) is 0 Å². The Morgan fingerprint density at radius 3 is 2.21 bits per heavy atom. The van der Waals surface area contributed by atoms with Crippen molar-refractivity contribution in [2.75, 3.05) is 14.1 Å². The third-order valence-corrected chi connectivity index (χ3v) is 1.72. The van der Waals surface area contributed by atoms with Gasteiger partial charge in [-0.3, -0.25) is 4.79 Å². The quantitative estimate of drug-likeness (QED) is 0.739. The molecule has 1 aromatic heterocycles. The van der Waals surface area contributed by atoms with Crippen LogP contribution in [-0.2, 0) is 11.2 Å². The molecule has 1 amide bonds. The maximum atomic E-state index is 10.1. The second-order valence-electron chi connectivity index (χ2n) is 3.28. The molecule has 0 unspecified atom stereocenters. The second-order valence-corrected chi connectivity index (χ2v) is 3.28. The van der Waals surface area contributed by atoms with Crippen molar-refractivity contribution >= 4 is 5.91 Å². The molecule has 0 saturated carbocycles. The highest BCUT2D eigenvalue weighted by atomic mass is 16.2. The van der Waals surface area contributed by atoms with E-state index in [1.165, 1.54) is 11.8 Å². The van der Waals surface area contributed by atoms with Gasteiger partial charge in [0.05, 0.1) is 0 Å². The Kier molecular flexibility index (Phi) is 5.60. The lowest BCUT2D eigenvalue weighted by Crippen LogP contribution is -2.17. The predicted molar refractivity (Wildman–Crippen MR) is 57.1 cm³/mol. The lowest BCUT2D eigenvalue weighted by molar-refractivity contribution is -0.126. The Labute approximate surface area is 85.3 Å². The molecule has 80 valence electrons. The van der Waals surface area contributed by atoms with Crippen molar-refractivity contribution in [2.45, 2.75) is 27.2 Å². The van der Waals surface area contributed by atoms with Gasteiger partial charge in [0, 0.05) is 39.3 Å². The van der Waals surface area contributed by atoms with Crippen LogP contribution in [-0.4, -0.2) is 34.9 Å². The van der Waals surface area contributed by atoms with Crippen LogP contribution in [0.3, 0.4) is 0 Å². The standard InChI is InChI=1S/C6H10N2.C4H9NO/c1-3-6-7-4-5(2)8-6;1-4(6)5(2)3/h4H,3H2,1-2H3,(H,7,8);1-3H3. The topological polar surface area (TPSA) is 49.0 Å². The number of aryl methyl sites for hydroxylation is 2. The number of carbonyl (C=O) groups is 1. The van der Waals surface area contributed by atoms with Crippen LogP contribution in [0.25, 0.3) is 0 Å². The highest BCUT2D eigenvalue weighted by Gasteiger charge is 1.89. The van der Waals surface area contributed by atoms with Crippen LogP contribution < -0.4 is 0 Å². The van der Waals surface area contributed by atoms with E-state index in [4.69, 9.17) is 0 Å². The smallest absolute Gasteiger partial charge is 0.218 e. The fourth-order valence-corrected chi connectivity index (χ4v) is 0.647. The van der Waals surface area contributed by atoms with Gasteiger partial charge >= 0.3 is 0 Å². The molecule has 0 aromatic carbocycles. The maximum absolute atomic E-state index is 10.1. The van der Waals surface area contributed by atoms with Gasteiger partial charge in [0.1, 0.15) is 5.82 Å². The van der Waals surface area contributed by atoms with E-state index in [9.17, 15) is 4.79 Å². The average molecular weight is 197 g/mol. The Hall–Kier alpha value is -1.32. The third-order valence-electron chi connectivity index (χ3n) is 1.72. The van der Waals surface area contributed by atoms with Gasteiger partial charge in [-0.1, -0.05) is 6.92 Å². The van der Waals surface area contributed by atoms with E-state index in [0.717, 1.165) is 17.9 Å². The van der Waals surface area contributed by atoms with E-state index in [-0.39, 0.29) is 5.91 Å². The van der Waals surface area contributed by atoms with Gasteiger partial charge in [-0.05, 0) is 6.92 Å². The lowest BCUT2D eigenvalue weighted by Gasteiger charge is -2.02. The number of nitrogens with zero attached hydrogens (tertiary/aromatic N) is 2. The normalized spacial score (nSPS) is 8.93. The molecule has 0 aliphatic rings. The van der Waals surface area contributed by atoms with Gasteiger partial charge in [0.2, 0.25) is 5.91 Å². The van der Waals surface area contributed by atoms with Crippen LogP contribution in [0.1, 0.15) is 25.4 Å². The Morgan fingerprint density at radius 1 is 1.57 bits per heavy atom. The van der Waals surface area contributed by atoms with E-state index < -0.39 is 0 Å². The lowest BCUT2D eigenvalue weighted by atomic mass is 10.5. The van der Waals surface area contributed by atoms with E-state index in [2.05, 4.69) is 16.9 Å². The highest BCUT2D eigenvalue weighted by molar-refractivity contribution is 5.72. The third kappa shape index (κ3) is 5.35. The summed E-state index contributed by atoms with van der Waals surface area (Å²) in [5, 5.41) is 0. The molecule has 1 heterocycles. The van der Waals surface area contributed by atoms with E-state index in [1.807, 2.05) is 13.1 Å². The first kappa shape index (κ1) is 12.7. The summed E-state index contributed by atoms with van der Waals surface area (Å²) in [5.41, 5.74) is 1.14. The first-order valence-corrected chi connectivity index (χ1v) is 4.65. The predicted octanol–water partition coefficient (Wildman–Crippen LogP) is 1.38. The zero-order valence-corrected chi connectivity index (χ0v) is 9.59. The molecule has 14 heavy (non-hydrogen) atoms. The summed E-state index contributed by atoms with van der Waals surface area (Å²) in [4.78, 5) is 18.8. The molecule has 1 aromatic rings. The fraction of sp³-hybridized carbons (Fsp3) is 0.600. The summed E-state index contributed by atoms with van der Waals surface area (Å²) in [6, 6.07) is 0. The molecule has 0 atom stereocenters. The number of amides is 1. The molecular formula is C10H19N3O. The second kappa shape index (κ2) is 6.18. The number of carbonyl (C=O) groups excluding carboxylic acids is 1. The molecule has 1 N–H and O–H groups in total. The minimum absolute atomic E-state index is 0.0926. The molecule has 0 spiro atoms. The Bertz CT molecular complexity index is 279. The number of hydrogen-bond acceptors (Lipinski definition) is 2. The maximum Gasteiger partial charge on any atom is 0.218 e. The summed E-state index contributed by atoms with van der Waals surface area (Å²) in [6.45, 7) is 5.62. The number of aromatic nitrogens is 2. The molecule has 0 aliphatic heterocycles. The number of hydrogen-bond donors (Lipinski definition) is 1. The van der Waals surface area contributed by atoms with Gasteiger partial charge in [-0.2, -0.15) is 0 Å². The Balaban J connectivity index is 0.000000255. The van der Waals surface area contributed by atoms with Gasteiger partial charge in [0.15, 0.2) is 0 Å². The van der Waals surface area contributed by atoms with Crippen LogP contribution in [0.4, 0.5) is 0 Å². The molecule has 4 nitrogen and oxygen atoms in total. The minimum Gasteiger partial charge on any atom is -0.349 e. The molecule has 1 rings (SSSR count). The van der Waals surface area contributed by atoms with Crippen LogP contribution in [0.15, 0.2) is 6.20 Å².